The number of hydrogen-bond acceptors (Lipinski definition) is 6. The van der Waals surface area contributed by atoms with Crippen molar-refractivity contribution in [3.8, 4) is 0 Å². The van der Waals surface area contributed by atoms with Gasteiger partial charge in [0.2, 0.25) is 0 Å². The van der Waals surface area contributed by atoms with Gasteiger partial charge in [-0.3, -0.25) is 9.69 Å². The lowest BCUT2D eigenvalue weighted by molar-refractivity contribution is -0.0586. The highest BCUT2D eigenvalue weighted by Gasteiger charge is 2.55. The first kappa shape index (κ1) is 16.8. The number of epoxide rings is 1. The predicted molar refractivity (Wildman–Crippen MR) is 92.7 cm³/mol. The number of likely N-dealkylation sites (tertiary alicyclic amines) is 1. The van der Waals surface area contributed by atoms with Gasteiger partial charge in [0.15, 0.2) is 12.5 Å². The SMILES string of the molecule is CC(C)(C)OC1OC1N1C2CCC1CN(C(=O)c1ccc(N)nc1)C2. The van der Waals surface area contributed by atoms with Crippen LogP contribution in [0.25, 0.3) is 0 Å². The van der Waals surface area contributed by atoms with E-state index in [4.69, 9.17) is 15.2 Å². The number of aromatic nitrogens is 1. The number of nitrogens with two attached hydrogens (primary N) is 1. The minimum absolute atomic E-state index is 0.0308. The van der Waals surface area contributed by atoms with Crippen molar-refractivity contribution >= 4 is 11.7 Å². The van der Waals surface area contributed by atoms with Crippen molar-refractivity contribution in [2.24, 2.45) is 0 Å². The molecule has 1 amide bonds. The summed E-state index contributed by atoms with van der Waals surface area (Å²) in [5.74, 6) is 0.459. The molecule has 3 aliphatic heterocycles. The van der Waals surface area contributed by atoms with Crippen LogP contribution >= 0.6 is 0 Å². The predicted octanol–water partition coefficient (Wildman–Crippen LogP) is 1.45. The van der Waals surface area contributed by atoms with Crippen LogP contribution in [0.2, 0.25) is 0 Å². The van der Waals surface area contributed by atoms with Gasteiger partial charge >= 0.3 is 0 Å². The summed E-state index contributed by atoms with van der Waals surface area (Å²) in [5, 5.41) is 0. The fourth-order valence-corrected chi connectivity index (χ4v) is 3.97. The van der Waals surface area contributed by atoms with Crippen molar-refractivity contribution in [3.63, 3.8) is 0 Å². The number of rotatable bonds is 3. The zero-order valence-electron chi connectivity index (χ0n) is 15.0. The highest BCUT2D eigenvalue weighted by molar-refractivity contribution is 5.94. The minimum Gasteiger partial charge on any atom is -0.384 e. The Balaban J connectivity index is 1.41. The second kappa shape index (κ2) is 5.93. The third-order valence-corrected chi connectivity index (χ3v) is 5.05. The normalized spacial score (nSPS) is 32.0. The van der Waals surface area contributed by atoms with Crippen LogP contribution in [0.4, 0.5) is 5.82 Å². The second-order valence-electron chi connectivity index (χ2n) is 8.14. The molecule has 3 saturated heterocycles. The Labute approximate surface area is 148 Å². The van der Waals surface area contributed by atoms with Gasteiger partial charge in [0.25, 0.3) is 5.91 Å². The number of anilines is 1. The molecule has 1 aromatic rings. The molecule has 0 saturated carbocycles. The summed E-state index contributed by atoms with van der Waals surface area (Å²) in [6.45, 7) is 7.57. The van der Waals surface area contributed by atoms with E-state index in [-0.39, 0.29) is 24.0 Å². The third-order valence-electron chi connectivity index (χ3n) is 5.05. The molecule has 4 heterocycles. The molecule has 0 aromatic carbocycles. The smallest absolute Gasteiger partial charge is 0.255 e. The van der Waals surface area contributed by atoms with Crippen LogP contribution in [0.5, 0.6) is 0 Å². The van der Waals surface area contributed by atoms with E-state index in [1.54, 1.807) is 18.3 Å². The molecule has 2 N–H and O–H groups in total. The Bertz CT molecular complexity index is 643. The van der Waals surface area contributed by atoms with Gasteiger partial charge in [-0.25, -0.2) is 4.98 Å². The summed E-state index contributed by atoms with van der Waals surface area (Å²) in [7, 11) is 0. The molecule has 0 spiro atoms. The molecule has 0 radical (unpaired) electrons. The lowest BCUT2D eigenvalue weighted by Gasteiger charge is -2.40. The van der Waals surface area contributed by atoms with Crippen LogP contribution in [-0.2, 0) is 9.47 Å². The van der Waals surface area contributed by atoms with E-state index in [0.717, 1.165) is 25.9 Å². The molecule has 7 heteroatoms. The number of pyridine rings is 1. The molecule has 3 fully saturated rings. The molecule has 2 bridgehead atoms. The van der Waals surface area contributed by atoms with Crippen LogP contribution in [-0.4, -0.2) is 64.0 Å². The van der Waals surface area contributed by atoms with E-state index in [2.05, 4.69) is 9.88 Å². The van der Waals surface area contributed by atoms with Crippen molar-refractivity contribution in [2.45, 2.75) is 63.8 Å². The Morgan fingerprint density at radius 3 is 2.52 bits per heavy atom. The molecule has 1 aromatic heterocycles. The van der Waals surface area contributed by atoms with Gasteiger partial charge in [-0.15, -0.1) is 0 Å². The number of nitrogens with zero attached hydrogens (tertiary/aromatic N) is 3. The average molecular weight is 346 g/mol. The lowest BCUT2D eigenvalue weighted by atomic mass is 10.1. The van der Waals surface area contributed by atoms with E-state index < -0.39 is 0 Å². The van der Waals surface area contributed by atoms with Gasteiger partial charge in [-0.05, 0) is 45.7 Å². The lowest BCUT2D eigenvalue weighted by Crippen LogP contribution is -2.56. The van der Waals surface area contributed by atoms with Gasteiger partial charge in [-0.2, -0.15) is 0 Å². The monoisotopic (exact) mass is 346 g/mol. The van der Waals surface area contributed by atoms with Crippen LogP contribution in [0.3, 0.4) is 0 Å². The van der Waals surface area contributed by atoms with Gasteiger partial charge < -0.3 is 20.1 Å². The number of hydrogen-bond donors (Lipinski definition) is 1. The van der Waals surface area contributed by atoms with Crippen LogP contribution < -0.4 is 5.73 Å². The number of carbonyl (C=O) groups excluding carboxylic acids is 1. The standard InChI is InChI=1S/C18H26N4O3/c1-18(2,3)25-17-16(24-17)22-12-5-6-13(22)10-21(9-12)15(23)11-4-7-14(19)20-8-11/h4,7-8,12-13,16-17H,5-6,9-10H2,1-3H3,(H2,19,20). The van der Waals surface area contributed by atoms with Crippen LogP contribution in [0, 0.1) is 0 Å². The van der Waals surface area contributed by atoms with Crippen molar-refractivity contribution in [3.05, 3.63) is 23.9 Å². The van der Waals surface area contributed by atoms with Crippen molar-refractivity contribution in [1.29, 1.82) is 0 Å². The Kier molecular flexibility index (Phi) is 3.97. The molecule has 7 nitrogen and oxygen atoms in total. The summed E-state index contributed by atoms with van der Waals surface area (Å²) in [6.07, 6.45) is 3.63. The van der Waals surface area contributed by atoms with Gasteiger partial charge in [-0.1, -0.05) is 0 Å². The molecule has 4 unspecified atom stereocenters. The largest absolute Gasteiger partial charge is 0.384 e. The van der Waals surface area contributed by atoms with Gasteiger partial charge in [0, 0.05) is 31.4 Å². The molecule has 4 atom stereocenters. The number of amides is 1. The highest BCUT2D eigenvalue weighted by Crippen LogP contribution is 2.41. The first-order valence-electron chi connectivity index (χ1n) is 8.93. The Hall–Kier alpha value is -1.70. The number of carbonyl (C=O) groups is 1. The zero-order chi connectivity index (χ0) is 17.8. The van der Waals surface area contributed by atoms with E-state index in [1.165, 1.54) is 0 Å². The summed E-state index contributed by atoms with van der Waals surface area (Å²) in [5.41, 5.74) is 5.99. The Morgan fingerprint density at radius 1 is 1.28 bits per heavy atom. The molecule has 4 rings (SSSR count). The maximum Gasteiger partial charge on any atom is 0.255 e. The molecular weight excluding hydrogens is 320 g/mol. The Morgan fingerprint density at radius 2 is 1.96 bits per heavy atom. The summed E-state index contributed by atoms with van der Waals surface area (Å²) < 4.78 is 11.7. The quantitative estimate of drug-likeness (QED) is 0.834. The first-order valence-corrected chi connectivity index (χ1v) is 8.93. The maximum atomic E-state index is 12.7. The summed E-state index contributed by atoms with van der Waals surface area (Å²) >= 11 is 0. The topological polar surface area (TPSA) is 84.2 Å². The van der Waals surface area contributed by atoms with Crippen molar-refractivity contribution < 1.29 is 14.3 Å². The van der Waals surface area contributed by atoms with Crippen molar-refractivity contribution in [2.75, 3.05) is 18.8 Å². The number of piperazine rings is 1. The van der Waals surface area contributed by atoms with E-state index in [0.29, 0.717) is 23.5 Å². The molecule has 0 aliphatic carbocycles. The highest BCUT2D eigenvalue weighted by atomic mass is 16.8. The number of fused-ring (bicyclic) bond motifs is 2. The molecule has 25 heavy (non-hydrogen) atoms. The summed E-state index contributed by atoms with van der Waals surface area (Å²) in [6, 6.07) is 4.09. The fourth-order valence-electron chi connectivity index (χ4n) is 3.97. The number of ether oxygens (including phenoxy) is 2. The maximum absolute atomic E-state index is 12.7. The average Bonchev–Trinajstić information content (AvgIpc) is 3.23. The molecule has 136 valence electrons. The van der Waals surface area contributed by atoms with E-state index in [9.17, 15) is 4.79 Å². The van der Waals surface area contributed by atoms with E-state index >= 15 is 0 Å². The summed E-state index contributed by atoms with van der Waals surface area (Å²) in [4.78, 5) is 21.1. The molecular formula is C18H26N4O3. The van der Waals surface area contributed by atoms with Crippen LogP contribution in [0.1, 0.15) is 44.0 Å². The fraction of sp³-hybridized carbons (Fsp3) is 0.667. The minimum atomic E-state index is -0.210. The van der Waals surface area contributed by atoms with Crippen LogP contribution in [0.15, 0.2) is 18.3 Å². The van der Waals surface area contributed by atoms with Gasteiger partial charge in [0.05, 0.1) is 11.2 Å². The number of nitrogen functional groups attached to an aromatic ring is 1. The third kappa shape index (κ3) is 3.36. The van der Waals surface area contributed by atoms with E-state index in [1.807, 2.05) is 25.7 Å². The second-order valence-corrected chi connectivity index (χ2v) is 8.14. The molecule has 3 aliphatic rings. The van der Waals surface area contributed by atoms with Crippen molar-refractivity contribution in [1.82, 2.24) is 14.8 Å². The zero-order valence-corrected chi connectivity index (χ0v) is 15.0. The first-order chi connectivity index (χ1) is 11.8. The van der Waals surface area contributed by atoms with Gasteiger partial charge in [0.1, 0.15) is 5.82 Å².